The largest absolute Gasteiger partial charge is 0.508 e. The van der Waals surface area contributed by atoms with Crippen molar-refractivity contribution in [2.24, 2.45) is 0 Å². The molecule has 25 heavy (non-hydrogen) atoms. The van der Waals surface area contributed by atoms with E-state index < -0.39 is 17.9 Å². The van der Waals surface area contributed by atoms with Crippen molar-refractivity contribution < 1.29 is 34.0 Å². The molecule has 0 spiro atoms. The van der Waals surface area contributed by atoms with Crippen molar-refractivity contribution in [3.63, 3.8) is 0 Å². The predicted molar refractivity (Wildman–Crippen MR) is 86.4 cm³/mol. The summed E-state index contributed by atoms with van der Waals surface area (Å²) < 4.78 is 15.7. The van der Waals surface area contributed by atoms with E-state index in [0.29, 0.717) is 11.3 Å². The third-order valence-corrected chi connectivity index (χ3v) is 4.03. The molecular weight excluding hydrogens is 328 g/mol. The van der Waals surface area contributed by atoms with Crippen LogP contribution in [0.4, 0.5) is 0 Å². The Morgan fingerprint density at radius 1 is 1.16 bits per heavy atom. The summed E-state index contributed by atoms with van der Waals surface area (Å²) in [6, 6.07) is 6.98. The van der Waals surface area contributed by atoms with Gasteiger partial charge >= 0.3 is 5.97 Å². The van der Waals surface area contributed by atoms with Gasteiger partial charge in [-0.2, -0.15) is 0 Å². The Morgan fingerprint density at radius 2 is 1.92 bits per heavy atom. The summed E-state index contributed by atoms with van der Waals surface area (Å²) in [5.41, 5.74) is 0.798. The summed E-state index contributed by atoms with van der Waals surface area (Å²) in [6.07, 6.45) is -0.935. The van der Waals surface area contributed by atoms with E-state index in [1.165, 1.54) is 26.4 Å². The van der Waals surface area contributed by atoms with Crippen LogP contribution in [0.25, 0.3) is 0 Å². The first-order valence-electron chi connectivity index (χ1n) is 7.47. The average Bonchev–Trinajstić information content (AvgIpc) is 2.89. The quantitative estimate of drug-likeness (QED) is 0.635. The molecule has 1 heterocycles. The van der Waals surface area contributed by atoms with E-state index in [0.717, 1.165) is 6.07 Å². The fourth-order valence-electron chi connectivity index (χ4n) is 2.86. The van der Waals surface area contributed by atoms with Gasteiger partial charge in [0.05, 0.1) is 26.2 Å². The van der Waals surface area contributed by atoms with E-state index in [-0.39, 0.29) is 34.8 Å². The Labute approximate surface area is 143 Å². The van der Waals surface area contributed by atoms with Gasteiger partial charge in [0.2, 0.25) is 0 Å². The normalized spacial score (nSPS) is 15.4. The van der Waals surface area contributed by atoms with Gasteiger partial charge in [0.15, 0.2) is 17.3 Å². The number of methoxy groups -OCH3 is 2. The van der Waals surface area contributed by atoms with Crippen LogP contribution in [-0.2, 0) is 4.74 Å². The number of ether oxygens (including phenoxy) is 3. The Hall–Kier alpha value is -3.22. The first-order chi connectivity index (χ1) is 12.0. The minimum Gasteiger partial charge on any atom is -0.508 e. The molecule has 2 N–H and O–H groups in total. The van der Waals surface area contributed by atoms with Crippen LogP contribution < -0.4 is 9.47 Å². The van der Waals surface area contributed by atoms with E-state index in [2.05, 4.69) is 0 Å². The Balaban J connectivity index is 1.92. The topological polar surface area (TPSA) is 102 Å². The molecule has 130 valence electrons. The highest BCUT2D eigenvalue weighted by atomic mass is 16.6. The monoisotopic (exact) mass is 344 g/mol. The van der Waals surface area contributed by atoms with Crippen LogP contribution in [0.5, 0.6) is 23.0 Å². The number of fused-ring (bicyclic) bond motifs is 1. The van der Waals surface area contributed by atoms with E-state index in [1.807, 2.05) is 0 Å². The van der Waals surface area contributed by atoms with E-state index in [1.54, 1.807) is 12.1 Å². The van der Waals surface area contributed by atoms with Gasteiger partial charge in [-0.25, -0.2) is 4.79 Å². The lowest BCUT2D eigenvalue weighted by molar-refractivity contribution is 0.0365. The van der Waals surface area contributed by atoms with Gasteiger partial charge in [-0.1, -0.05) is 6.07 Å². The zero-order chi connectivity index (χ0) is 18.1. The molecule has 0 saturated carbocycles. The van der Waals surface area contributed by atoms with Gasteiger partial charge in [0.25, 0.3) is 0 Å². The number of benzene rings is 2. The van der Waals surface area contributed by atoms with Crippen molar-refractivity contribution >= 4 is 11.8 Å². The molecule has 0 radical (unpaired) electrons. The van der Waals surface area contributed by atoms with Gasteiger partial charge in [0, 0.05) is 11.6 Å². The third kappa shape index (κ3) is 2.84. The van der Waals surface area contributed by atoms with Crippen LogP contribution in [0.1, 0.15) is 38.8 Å². The van der Waals surface area contributed by atoms with E-state index in [9.17, 15) is 19.8 Å². The first-order valence-corrected chi connectivity index (χ1v) is 7.47. The fourth-order valence-corrected chi connectivity index (χ4v) is 2.86. The molecule has 1 aliphatic heterocycles. The summed E-state index contributed by atoms with van der Waals surface area (Å²) in [7, 11) is 2.87. The first kappa shape index (κ1) is 16.6. The second-order valence-corrected chi connectivity index (χ2v) is 5.49. The molecule has 7 nitrogen and oxygen atoms in total. The number of cyclic esters (lactones) is 1. The number of rotatable bonds is 5. The molecule has 0 bridgehead atoms. The Bertz CT molecular complexity index is 857. The smallest absolute Gasteiger partial charge is 0.343 e. The highest BCUT2D eigenvalue weighted by Gasteiger charge is 2.37. The van der Waals surface area contributed by atoms with Crippen LogP contribution in [0.3, 0.4) is 0 Å². The van der Waals surface area contributed by atoms with Crippen molar-refractivity contribution in [3.05, 3.63) is 47.0 Å². The molecule has 0 saturated heterocycles. The fraction of sp³-hybridized carbons (Fsp3) is 0.222. The summed E-state index contributed by atoms with van der Waals surface area (Å²) in [4.78, 5) is 24.6. The van der Waals surface area contributed by atoms with Crippen molar-refractivity contribution in [2.75, 3.05) is 14.2 Å². The molecule has 2 aromatic carbocycles. The van der Waals surface area contributed by atoms with E-state index >= 15 is 0 Å². The summed E-state index contributed by atoms with van der Waals surface area (Å²) in [5.74, 6) is -0.851. The number of phenols is 2. The lowest BCUT2D eigenvalue weighted by Crippen LogP contribution is -2.08. The SMILES string of the molecule is COc1ccc2c(c1OC)C(=O)O[C@@H]2CC(=O)c1ccc(O)cc1O. The molecule has 3 rings (SSSR count). The highest BCUT2D eigenvalue weighted by molar-refractivity contribution is 6.02. The highest BCUT2D eigenvalue weighted by Crippen LogP contribution is 2.43. The molecule has 7 heteroatoms. The summed E-state index contributed by atoms with van der Waals surface area (Å²) in [5, 5.41) is 19.1. The van der Waals surface area contributed by atoms with Crippen molar-refractivity contribution in [3.8, 4) is 23.0 Å². The molecule has 0 amide bonds. The van der Waals surface area contributed by atoms with Gasteiger partial charge in [-0.05, 0) is 18.2 Å². The van der Waals surface area contributed by atoms with Crippen LogP contribution in [0.15, 0.2) is 30.3 Å². The second kappa shape index (κ2) is 6.35. The second-order valence-electron chi connectivity index (χ2n) is 5.49. The minimum absolute atomic E-state index is 0.0442. The number of hydrogen-bond acceptors (Lipinski definition) is 7. The lowest BCUT2D eigenvalue weighted by atomic mass is 9.97. The maximum absolute atomic E-state index is 12.4. The molecule has 0 fully saturated rings. The third-order valence-electron chi connectivity index (χ3n) is 4.03. The average molecular weight is 344 g/mol. The molecule has 1 atom stereocenters. The van der Waals surface area contributed by atoms with Gasteiger partial charge in [-0.15, -0.1) is 0 Å². The lowest BCUT2D eigenvalue weighted by Gasteiger charge is -2.12. The zero-order valence-corrected chi connectivity index (χ0v) is 13.6. The number of carbonyl (C=O) groups excluding carboxylic acids is 2. The predicted octanol–water partition coefficient (Wildman–Crippen LogP) is 2.60. The number of carbonyl (C=O) groups is 2. The molecule has 0 aliphatic carbocycles. The number of ketones is 1. The van der Waals surface area contributed by atoms with Crippen LogP contribution in [-0.4, -0.2) is 36.2 Å². The van der Waals surface area contributed by atoms with Gasteiger partial charge < -0.3 is 24.4 Å². The Morgan fingerprint density at radius 3 is 2.56 bits per heavy atom. The van der Waals surface area contributed by atoms with Crippen LogP contribution >= 0.6 is 0 Å². The van der Waals surface area contributed by atoms with Crippen molar-refractivity contribution in [1.82, 2.24) is 0 Å². The zero-order valence-electron chi connectivity index (χ0n) is 13.6. The maximum Gasteiger partial charge on any atom is 0.343 e. The molecule has 2 aromatic rings. The number of esters is 1. The van der Waals surface area contributed by atoms with Gasteiger partial charge in [0.1, 0.15) is 23.2 Å². The van der Waals surface area contributed by atoms with Crippen LogP contribution in [0.2, 0.25) is 0 Å². The summed E-state index contributed by atoms with van der Waals surface area (Å²) >= 11 is 0. The minimum atomic E-state index is -0.789. The van der Waals surface area contributed by atoms with Crippen molar-refractivity contribution in [2.45, 2.75) is 12.5 Å². The van der Waals surface area contributed by atoms with Crippen molar-refractivity contribution in [1.29, 1.82) is 0 Å². The maximum atomic E-state index is 12.4. The molecule has 1 aliphatic rings. The number of Topliss-reactive ketones (excluding diaryl/α,β-unsaturated/α-hetero) is 1. The number of phenolic OH excluding ortho intramolecular Hbond substituents is 2. The number of aromatic hydroxyl groups is 2. The van der Waals surface area contributed by atoms with Gasteiger partial charge in [-0.3, -0.25) is 4.79 Å². The molecule has 0 unspecified atom stereocenters. The number of hydrogen-bond donors (Lipinski definition) is 2. The molecule has 0 aromatic heterocycles. The molecular formula is C18H16O7. The van der Waals surface area contributed by atoms with Crippen LogP contribution in [0, 0.1) is 0 Å². The summed E-state index contributed by atoms with van der Waals surface area (Å²) in [6.45, 7) is 0. The Kier molecular flexibility index (Phi) is 4.22. The standard InChI is InChI=1S/C18H16O7/c1-23-14-6-5-11-15(25-18(22)16(11)17(14)24-2)8-13(21)10-4-3-9(19)7-12(10)20/h3-7,15,19-20H,8H2,1-2H3/t15-/m1/s1. The van der Waals surface area contributed by atoms with E-state index in [4.69, 9.17) is 14.2 Å².